The zero-order valence-corrected chi connectivity index (χ0v) is 45.2. The number of ether oxygens (including phenoxy) is 2. The summed E-state index contributed by atoms with van der Waals surface area (Å²) in [4.78, 5) is 13.1. The Bertz CT molecular complexity index is 1030. The number of rotatable bonds is 53. The van der Waals surface area contributed by atoms with Gasteiger partial charge in [0.2, 0.25) is 5.91 Å². The Balaban J connectivity index is 2.17. The second-order valence-corrected chi connectivity index (χ2v) is 21.5. The van der Waals surface area contributed by atoms with Crippen molar-refractivity contribution in [1.82, 2.24) is 5.32 Å². The molecule has 6 N–H and O–H groups in total. The highest BCUT2D eigenvalue weighted by atomic mass is 16.7. The van der Waals surface area contributed by atoms with E-state index in [4.69, 9.17) is 9.47 Å². The molecule has 1 saturated heterocycles. The number of aliphatic hydroxyl groups excluding tert-OH is 5. The van der Waals surface area contributed by atoms with Crippen LogP contribution < -0.4 is 5.32 Å². The third-order valence-electron chi connectivity index (χ3n) is 15.0. The molecule has 0 radical (unpaired) electrons. The zero-order valence-electron chi connectivity index (χ0n) is 45.2. The van der Waals surface area contributed by atoms with Gasteiger partial charge < -0.3 is 40.3 Å². The van der Waals surface area contributed by atoms with Crippen LogP contribution >= 0.6 is 0 Å². The molecule has 0 saturated carbocycles. The van der Waals surface area contributed by atoms with E-state index in [1.54, 1.807) is 0 Å². The van der Waals surface area contributed by atoms with Crippen molar-refractivity contribution in [2.24, 2.45) is 0 Å². The molecule has 0 spiro atoms. The minimum absolute atomic E-state index is 0.131. The third-order valence-corrected chi connectivity index (χ3v) is 15.0. The molecule has 406 valence electrons. The largest absolute Gasteiger partial charge is 0.394 e. The second-order valence-electron chi connectivity index (χ2n) is 21.5. The molecule has 9 heteroatoms. The van der Waals surface area contributed by atoms with E-state index in [2.05, 4.69) is 19.2 Å². The van der Waals surface area contributed by atoms with Gasteiger partial charge in [-0.1, -0.05) is 296 Å². The van der Waals surface area contributed by atoms with Crippen molar-refractivity contribution in [2.45, 2.75) is 358 Å². The number of nitrogens with one attached hydrogen (secondary N) is 1. The fraction of sp³-hybridized carbons (Fsp3) is 0.983. The second kappa shape index (κ2) is 49.8. The van der Waals surface area contributed by atoms with Crippen molar-refractivity contribution in [3.05, 3.63) is 0 Å². The lowest BCUT2D eigenvalue weighted by atomic mass is 9.99. The van der Waals surface area contributed by atoms with Crippen LogP contribution in [0.5, 0.6) is 0 Å². The molecule has 7 atom stereocenters. The fourth-order valence-electron chi connectivity index (χ4n) is 10.2. The van der Waals surface area contributed by atoms with E-state index < -0.39 is 49.5 Å². The standard InChI is InChI=1S/C59H117NO8/c1-3-5-7-9-11-13-15-17-19-21-23-25-26-27-29-30-32-34-36-38-40-42-44-46-48-53(62)52(51-67-59-58(66)57(65)56(64)54(50-61)68-59)60-55(63)49-47-45-43-41-39-37-35-33-31-28-24-22-20-18-16-14-12-10-8-6-4-2/h52-54,56-59,61-62,64-66H,3-51H2,1-2H3,(H,60,63). The van der Waals surface area contributed by atoms with Crippen LogP contribution in [0.3, 0.4) is 0 Å². The first-order valence-corrected chi connectivity index (χ1v) is 30.2. The maximum Gasteiger partial charge on any atom is 0.220 e. The normalized spacial score (nSPS) is 19.4. The lowest BCUT2D eigenvalue weighted by molar-refractivity contribution is -0.302. The Labute approximate surface area is 421 Å². The van der Waals surface area contributed by atoms with Gasteiger partial charge in [-0.2, -0.15) is 0 Å². The summed E-state index contributed by atoms with van der Waals surface area (Å²) in [6.45, 7) is 3.89. The fourth-order valence-corrected chi connectivity index (χ4v) is 10.2. The summed E-state index contributed by atoms with van der Waals surface area (Å²) in [7, 11) is 0. The van der Waals surface area contributed by atoms with E-state index in [0.717, 1.165) is 38.5 Å². The van der Waals surface area contributed by atoms with Crippen LogP contribution in [-0.4, -0.2) is 87.5 Å². The molecular weight excluding hydrogens is 851 g/mol. The van der Waals surface area contributed by atoms with Crippen LogP contribution in [0.25, 0.3) is 0 Å². The van der Waals surface area contributed by atoms with E-state index >= 15 is 0 Å². The average molecular weight is 969 g/mol. The van der Waals surface area contributed by atoms with E-state index in [-0.39, 0.29) is 12.5 Å². The molecule has 9 nitrogen and oxygen atoms in total. The molecular formula is C59H117NO8. The quantitative estimate of drug-likeness (QED) is 0.0330. The molecule has 0 aromatic rings. The van der Waals surface area contributed by atoms with Crippen LogP contribution in [0.2, 0.25) is 0 Å². The van der Waals surface area contributed by atoms with Gasteiger partial charge in [-0.15, -0.1) is 0 Å². The highest BCUT2D eigenvalue weighted by molar-refractivity contribution is 5.76. The molecule has 68 heavy (non-hydrogen) atoms. The number of aliphatic hydroxyl groups is 5. The Morgan fingerprint density at radius 1 is 0.441 bits per heavy atom. The van der Waals surface area contributed by atoms with Gasteiger partial charge in [-0.3, -0.25) is 4.79 Å². The maximum atomic E-state index is 13.1. The lowest BCUT2D eigenvalue weighted by Gasteiger charge is -2.40. The molecule has 1 amide bonds. The van der Waals surface area contributed by atoms with Crippen molar-refractivity contribution < 1.29 is 39.8 Å². The topological polar surface area (TPSA) is 149 Å². The summed E-state index contributed by atoms with van der Waals surface area (Å²) >= 11 is 0. The predicted molar refractivity (Wildman–Crippen MR) is 286 cm³/mol. The van der Waals surface area contributed by atoms with Gasteiger partial charge in [0, 0.05) is 6.42 Å². The number of unbranched alkanes of at least 4 members (excludes halogenated alkanes) is 43. The van der Waals surface area contributed by atoms with Gasteiger partial charge in [0.15, 0.2) is 6.29 Å². The summed E-state index contributed by atoms with van der Waals surface area (Å²) in [5, 5.41) is 54.8. The molecule has 0 bridgehead atoms. The third kappa shape index (κ3) is 38.8. The Morgan fingerprint density at radius 3 is 1.04 bits per heavy atom. The van der Waals surface area contributed by atoms with Crippen molar-refractivity contribution in [1.29, 1.82) is 0 Å². The van der Waals surface area contributed by atoms with Crippen molar-refractivity contribution in [3.8, 4) is 0 Å². The van der Waals surface area contributed by atoms with Crippen LogP contribution in [0.1, 0.15) is 316 Å². The van der Waals surface area contributed by atoms with Crippen LogP contribution in [0.15, 0.2) is 0 Å². The van der Waals surface area contributed by atoms with Crippen LogP contribution in [0, 0.1) is 0 Å². The van der Waals surface area contributed by atoms with E-state index in [1.807, 2.05) is 0 Å². The summed E-state index contributed by atoms with van der Waals surface area (Å²) in [6.07, 6.45) is 52.8. The van der Waals surface area contributed by atoms with Gasteiger partial charge in [-0.05, 0) is 12.8 Å². The molecule has 0 aliphatic carbocycles. The molecule has 1 aliphatic rings. The summed E-state index contributed by atoms with van der Waals surface area (Å²) in [6, 6.07) is -0.714. The van der Waals surface area contributed by atoms with Crippen LogP contribution in [0.4, 0.5) is 0 Å². The van der Waals surface area contributed by atoms with Gasteiger partial charge in [0.05, 0.1) is 25.4 Å². The van der Waals surface area contributed by atoms with E-state index in [0.29, 0.717) is 12.8 Å². The summed E-state index contributed by atoms with van der Waals surface area (Å²) in [5.74, 6) is -0.135. The molecule has 7 unspecified atom stereocenters. The first-order valence-electron chi connectivity index (χ1n) is 30.2. The van der Waals surface area contributed by atoms with Gasteiger partial charge in [0.25, 0.3) is 0 Å². The van der Waals surface area contributed by atoms with Gasteiger partial charge >= 0.3 is 0 Å². The van der Waals surface area contributed by atoms with Crippen molar-refractivity contribution in [3.63, 3.8) is 0 Å². The van der Waals surface area contributed by atoms with Crippen LogP contribution in [-0.2, 0) is 14.3 Å². The average Bonchev–Trinajstić information content (AvgIpc) is 3.34. The highest BCUT2D eigenvalue weighted by Crippen LogP contribution is 2.24. The molecule has 1 rings (SSSR count). The van der Waals surface area contributed by atoms with E-state index in [9.17, 15) is 30.3 Å². The summed E-state index contributed by atoms with van der Waals surface area (Å²) < 4.78 is 11.3. The first-order chi connectivity index (χ1) is 33.3. The predicted octanol–water partition coefficient (Wildman–Crippen LogP) is 15.0. The maximum absolute atomic E-state index is 13.1. The van der Waals surface area contributed by atoms with Crippen molar-refractivity contribution >= 4 is 5.91 Å². The van der Waals surface area contributed by atoms with Gasteiger partial charge in [-0.25, -0.2) is 0 Å². The zero-order chi connectivity index (χ0) is 49.4. The number of amides is 1. The Kier molecular flexibility index (Phi) is 47.7. The highest BCUT2D eigenvalue weighted by Gasteiger charge is 2.44. The monoisotopic (exact) mass is 968 g/mol. The van der Waals surface area contributed by atoms with Crippen molar-refractivity contribution in [2.75, 3.05) is 13.2 Å². The Morgan fingerprint density at radius 2 is 0.735 bits per heavy atom. The molecule has 0 aromatic carbocycles. The van der Waals surface area contributed by atoms with Gasteiger partial charge in [0.1, 0.15) is 24.4 Å². The lowest BCUT2D eigenvalue weighted by Crippen LogP contribution is -2.60. The number of carbonyl (C=O) groups excluding carboxylic acids is 1. The first kappa shape index (κ1) is 65.2. The minimum atomic E-state index is -1.55. The molecule has 1 aliphatic heterocycles. The molecule has 0 aromatic heterocycles. The van der Waals surface area contributed by atoms with E-state index in [1.165, 1.54) is 250 Å². The molecule has 1 heterocycles. The molecule has 1 fully saturated rings. The smallest absolute Gasteiger partial charge is 0.220 e. The number of hydrogen-bond acceptors (Lipinski definition) is 8. The number of carbonyl (C=O) groups is 1. The minimum Gasteiger partial charge on any atom is -0.394 e. The number of hydrogen-bond donors (Lipinski definition) is 6. The SMILES string of the molecule is CCCCCCCCCCCCCCCCCCCCCCCCCCC(O)C(COC1OC(CO)C(O)C(O)C1O)NC(=O)CCCCCCCCCCCCCCCCCCCCCCC. The summed E-state index contributed by atoms with van der Waals surface area (Å²) in [5.41, 5.74) is 0. The Hall–Kier alpha value is -0.810.